The number of hydrogen-bond acceptors (Lipinski definition) is 3. The molecule has 21 heavy (non-hydrogen) atoms. The average molecular weight is 286 g/mol. The second-order valence-corrected chi connectivity index (χ2v) is 5.42. The minimum atomic E-state index is 0.372. The van der Waals surface area contributed by atoms with Gasteiger partial charge in [-0.25, -0.2) is 4.98 Å². The van der Waals surface area contributed by atoms with Gasteiger partial charge in [0.25, 0.3) is 0 Å². The largest absolute Gasteiger partial charge is 0.316 e. The van der Waals surface area contributed by atoms with Crippen LogP contribution in [0, 0.1) is 0 Å². The Morgan fingerprint density at radius 3 is 2.57 bits per heavy atom. The van der Waals surface area contributed by atoms with Gasteiger partial charge in [0.15, 0.2) is 0 Å². The third-order valence-corrected chi connectivity index (χ3v) is 4.06. The zero-order valence-electron chi connectivity index (χ0n) is 13.3. The molecule has 0 saturated carbocycles. The van der Waals surface area contributed by atoms with Gasteiger partial charge in [0.2, 0.25) is 0 Å². The van der Waals surface area contributed by atoms with Gasteiger partial charge in [0, 0.05) is 19.0 Å². The fourth-order valence-electron chi connectivity index (χ4n) is 2.94. The lowest BCUT2D eigenvalue weighted by Crippen LogP contribution is -2.35. The summed E-state index contributed by atoms with van der Waals surface area (Å²) >= 11 is 0. The summed E-state index contributed by atoms with van der Waals surface area (Å²) in [5, 5.41) is 7.81. The summed E-state index contributed by atoms with van der Waals surface area (Å²) in [6, 6.07) is 11.1. The zero-order valence-corrected chi connectivity index (χ0v) is 13.3. The van der Waals surface area contributed by atoms with E-state index in [9.17, 15) is 0 Å². The predicted octanol–water partition coefficient (Wildman–Crippen LogP) is 3.01. The number of benzene rings is 1. The molecule has 0 aliphatic carbocycles. The van der Waals surface area contributed by atoms with Gasteiger partial charge in [-0.15, -0.1) is 0 Å². The number of hydrogen-bond donors (Lipinski definition) is 1. The lowest BCUT2D eigenvalue weighted by molar-refractivity contribution is 0.427. The van der Waals surface area contributed by atoms with Crippen molar-refractivity contribution in [3.05, 3.63) is 48.0 Å². The van der Waals surface area contributed by atoms with Crippen molar-refractivity contribution < 1.29 is 0 Å². The summed E-state index contributed by atoms with van der Waals surface area (Å²) in [6.07, 6.45) is 4.76. The second kappa shape index (κ2) is 7.93. The molecule has 2 atom stereocenters. The van der Waals surface area contributed by atoms with Crippen LogP contribution in [-0.2, 0) is 13.0 Å². The van der Waals surface area contributed by atoms with Crippen LogP contribution < -0.4 is 5.32 Å². The first-order valence-electron chi connectivity index (χ1n) is 7.89. The molecule has 0 radical (unpaired) electrons. The molecule has 4 nitrogen and oxygen atoms in total. The third kappa shape index (κ3) is 3.91. The highest BCUT2D eigenvalue weighted by molar-refractivity contribution is 5.21. The fraction of sp³-hybridized carbons (Fsp3) is 0.529. The van der Waals surface area contributed by atoms with Gasteiger partial charge in [-0.1, -0.05) is 44.2 Å². The van der Waals surface area contributed by atoms with E-state index in [2.05, 4.69) is 59.6 Å². The van der Waals surface area contributed by atoms with E-state index in [-0.39, 0.29) is 0 Å². The Morgan fingerprint density at radius 1 is 1.19 bits per heavy atom. The van der Waals surface area contributed by atoms with Crippen LogP contribution in [-0.4, -0.2) is 27.9 Å². The topological polar surface area (TPSA) is 42.7 Å². The Morgan fingerprint density at radius 2 is 1.95 bits per heavy atom. The lowest BCUT2D eigenvalue weighted by atomic mass is 9.87. The minimum Gasteiger partial charge on any atom is -0.316 e. The average Bonchev–Trinajstić information content (AvgIpc) is 2.95. The normalized spacial score (nSPS) is 14.0. The molecule has 0 amide bonds. The summed E-state index contributed by atoms with van der Waals surface area (Å²) in [5.74, 6) is 1.56. The van der Waals surface area contributed by atoms with Gasteiger partial charge in [0.1, 0.15) is 12.2 Å². The third-order valence-electron chi connectivity index (χ3n) is 4.06. The van der Waals surface area contributed by atoms with Crippen LogP contribution in [0.2, 0.25) is 0 Å². The van der Waals surface area contributed by atoms with Gasteiger partial charge >= 0.3 is 0 Å². The SMILES string of the molecule is CCCn1ncnc1CC(NC)C(CC)c1ccccc1. The number of rotatable bonds is 8. The summed E-state index contributed by atoms with van der Waals surface area (Å²) in [4.78, 5) is 4.44. The molecule has 0 aliphatic heterocycles. The van der Waals surface area contributed by atoms with Gasteiger partial charge in [-0.05, 0) is 31.4 Å². The molecule has 1 aromatic carbocycles. The molecule has 0 fully saturated rings. The van der Waals surface area contributed by atoms with Crippen LogP contribution in [0.5, 0.6) is 0 Å². The van der Waals surface area contributed by atoms with Crippen LogP contribution in [0.1, 0.15) is 44.0 Å². The van der Waals surface area contributed by atoms with E-state index in [1.165, 1.54) is 5.56 Å². The van der Waals surface area contributed by atoms with Crippen molar-refractivity contribution in [3.63, 3.8) is 0 Å². The Balaban J connectivity index is 2.16. The van der Waals surface area contributed by atoms with Crippen molar-refractivity contribution >= 4 is 0 Å². The molecule has 1 aromatic heterocycles. The van der Waals surface area contributed by atoms with Gasteiger partial charge < -0.3 is 5.32 Å². The van der Waals surface area contributed by atoms with Crippen LogP contribution in [0.4, 0.5) is 0 Å². The molecule has 1 heterocycles. The Bertz CT molecular complexity index is 521. The van der Waals surface area contributed by atoms with E-state index < -0.39 is 0 Å². The molecule has 4 heteroatoms. The highest BCUT2D eigenvalue weighted by Crippen LogP contribution is 2.25. The number of nitrogens with zero attached hydrogens (tertiary/aromatic N) is 3. The van der Waals surface area contributed by atoms with Crippen LogP contribution in [0.3, 0.4) is 0 Å². The van der Waals surface area contributed by atoms with E-state index >= 15 is 0 Å². The standard InChI is InChI=1S/C17H26N4/c1-4-11-21-17(19-13-20-21)12-16(18-3)15(5-2)14-9-7-6-8-10-14/h6-10,13,15-16,18H,4-5,11-12H2,1-3H3. The molecular weight excluding hydrogens is 260 g/mol. The summed E-state index contributed by atoms with van der Waals surface area (Å²) < 4.78 is 2.03. The molecule has 2 rings (SSSR count). The highest BCUT2D eigenvalue weighted by Gasteiger charge is 2.22. The minimum absolute atomic E-state index is 0.372. The molecular formula is C17H26N4. The molecule has 2 unspecified atom stereocenters. The molecule has 0 aliphatic rings. The summed E-state index contributed by atoms with van der Waals surface area (Å²) in [7, 11) is 2.04. The zero-order chi connectivity index (χ0) is 15.1. The van der Waals surface area contributed by atoms with Crippen molar-refractivity contribution in [3.8, 4) is 0 Å². The van der Waals surface area contributed by atoms with E-state index in [1.807, 2.05) is 11.7 Å². The molecule has 114 valence electrons. The van der Waals surface area contributed by atoms with E-state index in [1.54, 1.807) is 6.33 Å². The number of likely N-dealkylation sites (N-methyl/N-ethyl adjacent to an activating group) is 1. The predicted molar refractivity (Wildman–Crippen MR) is 86.3 cm³/mol. The van der Waals surface area contributed by atoms with Crippen molar-refractivity contribution in [2.75, 3.05) is 7.05 Å². The van der Waals surface area contributed by atoms with Crippen molar-refractivity contribution in [1.82, 2.24) is 20.1 Å². The quantitative estimate of drug-likeness (QED) is 0.811. The molecule has 0 spiro atoms. The Kier molecular flexibility index (Phi) is 5.93. The first kappa shape index (κ1) is 15.7. The van der Waals surface area contributed by atoms with Gasteiger partial charge in [-0.3, -0.25) is 4.68 Å². The van der Waals surface area contributed by atoms with Gasteiger partial charge in [-0.2, -0.15) is 5.10 Å². The first-order chi connectivity index (χ1) is 10.3. The fourth-order valence-corrected chi connectivity index (χ4v) is 2.94. The molecule has 1 N–H and O–H groups in total. The number of aryl methyl sites for hydroxylation is 1. The van der Waals surface area contributed by atoms with E-state index in [0.29, 0.717) is 12.0 Å². The number of nitrogens with one attached hydrogen (secondary N) is 1. The van der Waals surface area contributed by atoms with Crippen LogP contribution >= 0.6 is 0 Å². The van der Waals surface area contributed by atoms with Crippen molar-refractivity contribution in [2.24, 2.45) is 0 Å². The summed E-state index contributed by atoms with van der Waals surface area (Å²) in [6.45, 7) is 5.35. The maximum absolute atomic E-state index is 4.44. The van der Waals surface area contributed by atoms with E-state index in [4.69, 9.17) is 0 Å². The van der Waals surface area contributed by atoms with Crippen LogP contribution in [0.25, 0.3) is 0 Å². The molecule has 2 aromatic rings. The maximum Gasteiger partial charge on any atom is 0.138 e. The van der Waals surface area contributed by atoms with Crippen molar-refractivity contribution in [2.45, 2.75) is 51.6 Å². The molecule has 0 saturated heterocycles. The molecule has 0 bridgehead atoms. The van der Waals surface area contributed by atoms with E-state index in [0.717, 1.165) is 31.6 Å². The van der Waals surface area contributed by atoms with Gasteiger partial charge in [0.05, 0.1) is 0 Å². The lowest BCUT2D eigenvalue weighted by Gasteiger charge is -2.26. The smallest absolute Gasteiger partial charge is 0.138 e. The van der Waals surface area contributed by atoms with Crippen LogP contribution in [0.15, 0.2) is 36.7 Å². The summed E-state index contributed by atoms with van der Waals surface area (Å²) in [5.41, 5.74) is 1.39. The maximum atomic E-state index is 4.44. The Hall–Kier alpha value is -1.68. The first-order valence-corrected chi connectivity index (χ1v) is 7.89. The van der Waals surface area contributed by atoms with Crippen molar-refractivity contribution in [1.29, 1.82) is 0 Å². The Labute approximate surface area is 127 Å². The highest BCUT2D eigenvalue weighted by atomic mass is 15.3. The number of aromatic nitrogens is 3. The second-order valence-electron chi connectivity index (χ2n) is 5.42. The monoisotopic (exact) mass is 286 g/mol.